The summed E-state index contributed by atoms with van der Waals surface area (Å²) < 4.78 is 4.45. The molecule has 12 heteroatoms. The van der Waals surface area contributed by atoms with E-state index in [0.717, 1.165) is 65.5 Å². The predicted octanol–water partition coefficient (Wildman–Crippen LogP) is 11.2. The molecule has 10 nitrogen and oxygen atoms in total. The number of rotatable bonds is 16. The Morgan fingerprint density at radius 3 is 2.45 bits per heavy atom. The van der Waals surface area contributed by atoms with E-state index in [1.54, 1.807) is 17.4 Å². The molecule has 2 aromatic heterocycles. The Balaban J connectivity index is 0.949. The number of allylic oxidation sites excluding steroid dienone is 6. The fourth-order valence-electron chi connectivity index (χ4n) is 8.75. The number of benzene rings is 3. The van der Waals surface area contributed by atoms with Gasteiger partial charge in [0.2, 0.25) is 11.6 Å². The fourth-order valence-corrected chi connectivity index (χ4v) is 10.1. The van der Waals surface area contributed by atoms with Crippen molar-refractivity contribution in [3.8, 4) is 5.00 Å². The molecular formula is C53H60ClN8O2S+. The van der Waals surface area contributed by atoms with Crippen molar-refractivity contribution < 1.29 is 14.2 Å². The molecular weight excluding hydrogens is 848 g/mol. The van der Waals surface area contributed by atoms with Crippen LogP contribution < -0.4 is 15.8 Å². The first-order valence-electron chi connectivity index (χ1n) is 22.6. The molecule has 0 spiro atoms. The Kier molecular flexibility index (Phi) is 15.0. The van der Waals surface area contributed by atoms with Crippen molar-refractivity contribution >= 4 is 57.6 Å². The molecule has 0 saturated carbocycles. The van der Waals surface area contributed by atoms with Gasteiger partial charge in [-0.05, 0) is 102 Å². The summed E-state index contributed by atoms with van der Waals surface area (Å²) in [5.74, 6) is 0.617. The first-order chi connectivity index (χ1) is 31.3. The van der Waals surface area contributed by atoms with Crippen molar-refractivity contribution in [2.45, 2.75) is 98.4 Å². The van der Waals surface area contributed by atoms with Gasteiger partial charge in [0.05, 0.1) is 11.1 Å². The summed E-state index contributed by atoms with van der Waals surface area (Å²) in [5, 5.41) is 10.5. The first kappa shape index (κ1) is 46.8. The van der Waals surface area contributed by atoms with Crippen LogP contribution in [0, 0.1) is 20.8 Å². The highest BCUT2D eigenvalue weighted by Gasteiger charge is 2.43. The number of hydrogen-bond donors (Lipinski definition) is 2. The number of amides is 2. The fraction of sp³-hybridized carbons (Fsp3) is 0.321. The van der Waals surface area contributed by atoms with Crippen LogP contribution in [0.3, 0.4) is 0 Å². The summed E-state index contributed by atoms with van der Waals surface area (Å²) in [6.45, 7) is 15.9. The quantitative estimate of drug-likeness (QED) is 0.0337. The second-order valence-corrected chi connectivity index (χ2v) is 18.7. The lowest BCUT2D eigenvalue weighted by Gasteiger charge is -2.24. The molecule has 1 atom stereocenters. The van der Waals surface area contributed by atoms with E-state index in [9.17, 15) is 9.59 Å². The third-order valence-electron chi connectivity index (χ3n) is 12.4. The Labute approximate surface area is 392 Å². The van der Waals surface area contributed by atoms with Gasteiger partial charge in [-0.25, -0.2) is 0 Å². The van der Waals surface area contributed by atoms with Crippen molar-refractivity contribution in [3.05, 3.63) is 170 Å². The number of halogens is 1. The van der Waals surface area contributed by atoms with Crippen molar-refractivity contribution in [2.75, 3.05) is 18.5 Å². The molecule has 0 fully saturated rings. The Hall–Kier alpha value is -6.17. The number of nitrogens with zero attached hydrogens (tertiary/aromatic N) is 6. The van der Waals surface area contributed by atoms with Gasteiger partial charge in [-0.1, -0.05) is 92.2 Å². The summed E-state index contributed by atoms with van der Waals surface area (Å²) in [7, 11) is 2.15. The molecule has 2 N–H and O–H groups in total. The number of fused-ring (bicyclic) bond motifs is 4. The van der Waals surface area contributed by atoms with Crippen LogP contribution in [0.5, 0.6) is 0 Å². The third kappa shape index (κ3) is 10.2. The minimum atomic E-state index is -0.613. The smallest absolute Gasteiger partial charge is 0.262 e. The van der Waals surface area contributed by atoms with E-state index in [1.165, 1.54) is 44.9 Å². The van der Waals surface area contributed by atoms with Crippen LogP contribution in [0.4, 0.5) is 11.4 Å². The van der Waals surface area contributed by atoms with E-state index < -0.39 is 11.9 Å². The number of carbonyl (C=O) groups is 2. The number of aromatic nitrogens is 3. The summed E-state index contributed by atoms with van der Waals surface area (Å²) in [6.07, 6.45) is 18.6. The van der Waals surface area contributed by atoms with Crippen LogP contribution in [0.15, 0.2) is 126 Å². The molecule has 0 aliphatic carbocycles. The van der Waals surface area contributed by atoms with Crippen molar-refractivity contribution in [1.29, 1.82) is 0 Å². The van der Waals surface area contributed by atoms with E-state index in [-0.39, 0.29) is 11.3 Å². The minimum absolute atomic E-state index is 0.161. The molecule has 4 heterocycles. The third-order valence-corrected chi connectivity index (χ3v) is 13.9. The van der Waals surface area contributed by atoms with Gasteiger partial charge in [-0.2, -0.15) is 4.58 Å². The van der Waals surface area contributed by atoms with Gasteiger partial charge in [0.15, 0.2) is 11.5 Å². The molecule has 2 amide bonds. The summed E-state index contributed by atoms with van der Waals surface area (Å²) in [6, 6.07) is 24.2. The van der Waals surface area contributed by atoms with Crippen LogP contribution in [0.25, 0.3) is 5.00 Å². The van der Waals surface area contributed by atoms with Gasteiger partial charge in [-0.15, -0.1) is 21.5 Å². The monoisotopic (exact) mass is 907 g/mol. The molecule has 0 radical (unpaired) electrons. The summed E-state index contributed by atoms with van der Waals surface area (Å²) in [4.78, 5) is 34.6. The molecule has 336 valence electrons. The lowest BCUT2D eigenvalue weighted by atomic mass is 9.81. The largest absolute Gasteiger partial charge is 0.348 e. The molecule has 2 aliphatic heterocycles. The van der Waals surface area contributed by atoms with E-state index in [1.807, 2.05) is 35.8 Å². The SMILES string of the molecule is CC\C(=C/C=C/C=C/C1=[N+](CCCCCC(=O)NNC(=O)/C=C/C2N=C(c3ccc(Cl)cc3)c3c(sc(C)c3C)-n3c(C)nnc32)c2ccccc2C1(C)C)N(C)c1ccccc1CC. The number of nitrogens with one attached hydrogen (secondary N) is 2. The number of hydrazine groups is 1. The van der Waals surface area contributed by atoms with E-state index in [4.69, 9.17) is 16.6 Å². The maximum absolute atomic E-state index is 13.1. The summed E-state index contributed by atoms with van der Waals surface area (Å²) in [5.41, 5.74) is 16.4. The maximum Gasteiger partial charge on any atom is 0.262 e. The predicted molar refractivity (Wildman–Crippen MR) is 267 cm³/mol. The molecule has 65 heavy (non-hydrogen) atoms. The number of aryl methyl sites for hydroxylation is 3. The highest BCUT2D eigenvalue weighted by atomic mass is 35.5. The number of carbonyl (C=O) groups excluding carboxylic acids is 2. The van der Waals surface area contributed by atoms with E-state index in [0.29, 0.717) is 23.7 Å². The Morgan fingerprint density at radius 2 is 1.68 bits per heavy atom. The van der Waals surface area contributed by atoms with Crippen LogP contribution >= 0.6 is 22.9 Å². The van der Waals surface area contributed by atoms with Crippen molar-refractivity contribution in [3.63, 3.8) is 0 Å². The zero-order chi connectivity index (χ0) is 46.3. The topological polar surface area (TPSA) is 108 Å². The Bertz CT molecular complexity index is 2750. The lowest BCUT2D eigenvalue weighted by Crippen LogP contribution is -2.40. The average Bonchev–Trinajstić information content (AvgIpc) is 3.86. The highest BCUT2D eigenvalue weighted by Crippen LogP contribution is 2.41. The zero-order valence-electron chi connectivity index (χ0n) is 38.8. The second kappa shape index (κ2) is 20.8. The Morgan fingerprint density at radius 1 is 0.923 bits per heavy atom. The molecule has 2 aliphatic rings. The number of hydrogen-bond acceptors (Lipinski definition) is 7. The molecule has 5 aromatic rings. The maximum atomic E-state index is 13.1. The number of unbranched alkanes of at least 4 members (excludes halogenated alkanes) is 2. The average molecular weight is 909 g/mol. The van der Waals surface area contributed by atoms with E-state index in [2.05, 4.69) is 158 Å². The standard InChI is InChI=1S/C53H59ClN8O2S/c1-9-38-21-16-18-24-44(38)60(8)41(10-2)22-13-11-14-26-46-53(6,7)42-23-17-19-25-45(42)61(46)34-20-12-15-27-47(63)57-58-48(64)33-32-43-51-59-56-37(5)62(51)52-49(35(3)36(4)65-52)50(55-43)39-28-30-40(54)31-29-39/h11,13-14,16-19,21-26,28-33,43H,9-10,12,15,20,27,34H2,1-8H3,(H-,57,58,63,64)/p+1/b33-32+. The highest BCUT2D eigenvalue weighted by molar-refractivity contribution is 7.15. The number of aliphatic imine (C=N–C) groups is 1. The van der Waals surface area contributed by atoms with Gasteiger partial charge >= 0.3 is 0 Å². The first-order valence-corrected chi connectivity index (χ1v) is 23.8. The van der Waals surface area contributed by atoms with Gasteiger partial charge in [0.25, 0.3) is 5.91 Å². The van der Waals surface area contributed by atoms with Gasteiger partial charge in [0.1, 0.15) is 23.4 Å². The van der Waals surface area contributed by atoms with Crippen LogP contribution in [-0.4, -0.2) is 56.2 Å². The van der Waals surface area contributed by atoms with Crippen LogP contribution in [0.1, 0.15) is 110 Å². The van der Waals surface area contributed by atoms with E-state index >= 15 is 0 Å². The minimum Gasteiger partial charge on any atom is -0.348 e. The van der Waals surface area contributed by atoms with Crippen LogP contribution in [-0.2, 0) is 21.4 Å². The van der Waals surface area contributed by atoms with Crippen molar-refractivity contribution in [2.24, 2.45) is 4.99 Å². The number of anilines is 1. The second-order valence-electron chi connectivity index (χ2n) is 17.0. The molecule has 0 saturated heterocycles. The molecule has 1 unspecified atom stereocenters. The number of thiophene rings is 1. The van der Waals surface area contributed by atoms with Crippen LogP contribution in [0.2, 0.25) is 5.02 Å². The molecule has 7 rings (SSSR count). The van der Waals surface area contributed by atoms with Gasteiger partial charge in [-0.3, -0.25) is 30.0 Å². The van der Waals surface area contributed by atoms with Gasteiger partial charge in [0, 0.05) is 76.1 Å². The van der Waals surface area contributed by atoms with Crippen molar-refractivity contribution in [1.82, 2.24) is 25.6 Å². The lowest BCUT2D eigenvalue weighted by molar-refractivity contribution is -0.438. The van der Waals surface area contributed by atoms with Gasteiger partial charge < -0.3 is 4.90 Å². The molecule has 3 aromatic carbocycles. The number of para-hydroxylation sites is 2. The zero-order valence-corrected chi connectivity index (χ0v) is 40.4. The molecule has 0 bridgehead atoms. The summed E-state index contributed by atoms with van der Waals surface area (Å²) >= 11 is 7.92. The normalized spacial score (nSPS) is 15.6.